The van der Waals surface area contributed by atoms with Gasteiger partial charge in [0.05, 0.1) is 5.02 Å². The molecule has 0 heterocycles. The van der Waals surface area contributed by atoms with Crippen molar-refractivity contribution in [2.24, 2.45) is 0 Å². The van der Waals surface area contributed by atoms with E-state index in [1.807, 2.05) is 42.5 Å². The summed E-state index contributed by atoms with van der Waals surface area (Å²) in [4.78, 5) is 12.2. The van der Waals surface area contributed by atoms with E-state index < -0.39 is 8.32 Å². The van der Waals surface area contributed by atoms with E-state index in [2.05, 4.69) is 66.2 Å². The third kappa shape index (κ3) is 4.22. The Morgan fingerprint density at radius 3 is 1.89 bits per heavy atom. The predicted molar refractivity (Wildman–Crippen MR) is 122 cm³/mol. The van der Waals surface area contributed by atoms with Crippen LogP contribution in [0.25, 0.3) is 0 Å². The fourth-order valence-corrected chi connectivity index (χ4v) is 7.92. The highest BCUT2D eigenvalue weighted by molar-refractivity contribution is 9.10. The summed E-state index contributed by atoms with van der Waals surface area (Å²) >= 11 is 9.63. The van der Waals surface area contributed by atoms with Crippen LogP contribution in [0.2, 0.25) is 10.1 Å². The number of benzene rings is 3. The Morgan fingerprint density at radius 1 is 0.889 bits per heavy atom. The van der Waals surface area contributed by atoms with Gasteiger partial charge in [-0.2, -0.15) is 0 Å². The Morgan fingerprint density at radius 2 is 1.41 bits per heavy atom. The molecule has 27 heavy (non-hydrogen) atoms. The Bertz CT molecular complexity index is 857. The van der Waals surface area contributed by atoms with E-state index in [1.54, 1.807) is 0 Å². The minimum absolute atomic E-state index is 0.248. The van der Waals surface area contributed by atoms with Crippen molar-refractivity contribution in [3.8, 4) is 0 Å². The van der Waals surface area contributed by atoms with Gasteiger partial charge in [0.25, 0.3) is 8.32 Å². The van der Waals surface area contributed by atoms with Gasteiger partial charge in [-0.1, -0.05) is 92.2 Å². The van der Waals surface area contributed by atoms with Gasteiger partial charge in [-0.3, -0.25) is 0 Å². The van der Waals surface area contributed by atoms with Crippen LogP contribution in [0, 0.1) is 0 Å². The number of rotatable bonds is 6. The van der Waals surface area contributed by atoms with Crippen molar-refractivity contribution in [1.82, 2.24) is 0 Å². The van der Waals surface area contributed by atoms with Crippen molar-refractivity contribution in [3.05, 3.63) is 93.9 Å². The molecular formula is C23H24BrClOSi. The lowest BCUT2D eigenvalue weighted by Gasteiger charge is -2.41. The van der Waals surface area contributed by atoms with Gasteiger partial charge < -0.3 is 4.80 Å². The average molecular weight is 460 g/mol. The zero-order valence-corrected chi connectivity index (χ0v) is 19.0. The first-order chi connectivity index (χ1) is 12.8. The Labute approximate surface area is 176 Å². The molecule has 0 radical (unpaired) electrons. The Balaban J connectivity index is 1.96. The first-order valence-corrected chi connectivity index (χ1v) is 12.2. The summed E-state index contributed by atoms with van der Waals surface area (Å²) < 4.78 is 0.915. The van der Waals surface area contributed by atoms with Gasteiger partial charge in [0.2, 0.25) is 0 Å². The molecule has 1 nitrogen and oxygen atoms in total. The fraction of sp³-hybridized carbons (Fsp3) is 0.217. The van der Waals surface area contributed by atoms with E-state index in [0.717, 1.165) is 32.7 Å². The van der Waals surface area contributed by atoms with Gasteiger partial charge in [-0.25, -0.2) is 0 Å². The average Bonchev–Trinajstić information content (AvgIpc) is 2.69. The van der Waals surface area contributed by atoms with Gasteiger partial charge in [0, 0.05) is 4.47 Å². The smallest absolute Gasteiger partial charge is 0.258 e. The zero-order chi connectivity index (χ0) is 19.5. The summed E-state index contributed by atoms with van der Waals surface area (Å²) in [6.45, 7) is 4.40. The molecule has 0 amide bonds. The zero-order valence-electron chi connectivity index (χ0n) is 15.6. The molecular weight excluding hydrogens is 436 g/mol. The molecule has 140 valence electrons. The van der Waals surface area contributed by atoms with Crippen molar-refractivity contribution in [2.75, 3.05) is 0 Å². The van der Waals surface area contributed by atoms with E-state index in [0.29, 0.717) is 0 Å². The SMILES string of the molecule is CC(C)(CCc1ccc(Cl)c(Br)c1)[Si](O)(c1ccccc1)c1ccccc1. The maximum absolute atomic E-state index is 12.2. The molecule has 0 aliphatic rings. The number of hydrogen-bond acceptors (Lipinski definition) is 1. The van der Waals surface area contributed by atoms with Crippen LogP contribution in [0.1, 0.15) is 25.8 Å². The van der Waals surface area contributed by atoms with Gasteiger partial charge in [-0.05, 0) is 61.9 Å². The number of hydrogen-bond donors (Lipinski definition) is 1. The summed E-state index contributed by atoms with van der Waals surface area (Å²) in [5, 5.41) is 2.58. The molecule has 0 spiro atoms. The Hall–Kier alpha value is -1.39. The molecule has 0 bridgehead atoms. The lowest BCUT2D eigenvalue weighted by atomic mass is 10.0. The lowest BCUT2D eigenvalue weighted by Crippen LogP contribution is -2.65. The molecule has 0 aliphatic carbocycles. The highest BCUT2D eigenvalue weighted by Gasteiger charge is 2.49. The quantitative estimate of drug-likeness (QED) is 0.478. The molecule has 3 aromatic rings. The monoisotopic (exact) mass is 458 g/mol. The van der Waals surface area contributed by atoms with Crippen molar-refractivity contribution in [1.29, 1.82) is 0 Å². The van der Waals surface area contributed by atoms with Gasteiger partial charge in [0.15, 0.2) is 0 Å². The van der Waals surface area contributed by atoms with Gasteiger partial charge in [-0.15, -0.1) is 0 Å². The molecule has 0 saturated carbocycles. The summed E-state index contributed by atoms with van der Waals surface area (Å²) in [5.41, 5.74) is 1.22. The maximum Gasteiger partial charge on any atom is 0.258 e. The van der Waals surface area contributed by atoms with Crippen LogP contribution in [-0.4, -0.2) is 13.1 Å². The van der Waals surface area contributed by atoms with Gasteiger partial charge in [0.1, 0.15) is 0 Å². The molecule has 0 saturated heterocycles. The molecule has 0 fully saturated rings. The third-order valence-electron chi connectivity index (χ3n) is 5.39. The fourth-order valence-electron chi connectivity index (χ4n) is 3.64. The second-order valence-electron chi connectivity index (χ2n) is 7.57. The first kappa shape index (κ1) is 20.3. The van der Waals surface area contributed by atoms with Crippen molar-refractivity contribution >= 4 is 46.2 Å². The minimum atomic E-state index is -2.95. The third-order valence-corrected chi connectivity index (χ3v) is 11.1. The highest BCUT2D eigenvalue weighted by Crippen LogP contribution is 2.40. The van der Waals surface area contributed by atoms with Crippen LogP contribution in [-0.2, 0) is 6.42 Å². The molecule has 3 aromatic carbocycles. The second kappa shape index (κ2) is 8.32. The Kier molecular flexibility index (Phi) is 6.27. The summed E-state index contributed by atoms with van der Waals surface area (Å²) in [6.07, 6.45) is 1.77. The van der Waals surface area contributed by atoms with Crippen LogP contribution in [0.4, 0.5) is 0 Å². The molecule has 1 N–H and O–H groups in total. The lowest BCUT2D eigenvalue weighted by molar-refractivity contribution is 0.466. The van der Waals surface area contributed by atoms with Crippen LogP contribution >= 0.6 is 27.5 Å². The number of halogens is 2. The highest BCUT2D eigenvalue weighted by atomic mass is 79.9. The van der Waals surface area contributed by atoms with Crippen LogP contribution < -0.4 is 10.4 Å². The van der Waals surface area contributed by atoms with E-state index in [-0.39, 0.29) is 5.04 Å². The van der Waals surface area contributed by atoms with Crippen LogP contribution in [0.3, 0.4) is 0 Å². The van der Waals surface area contributed by atoms with E-state index in [9.17, 15) is 4.80 Å². The maximum atomic E-state index is 12.2. The van der Waals surface area contributed by atoms with E-state index >= 15 is 0 Å². The summed E-state index contributed by atoms with van der Waals surface area (Å²) in [5.74, 6) is 0. The molecule has 0 aliphatic heterocycles. The second-order valence-corrected chi connectivity index (χ2v) is 12.8. The predicted octanol–water partition coefficient (Wildman–Crippen LogP) is 5.57. The summed E-state index contributed by atoms with van der Waals surface area (Å²) in [7, 11) is -2.95. The van der Waals surface area contributed by atoms with E-state index in [1.165, 1.54) is 5.56 Å². The standard InChI is InChI=1S/C23H24BrClOSi/c1-23(2,16-15-18-13-14-22(25)21(24)17-18)27(26,19-9-5-3-6-10-19)20-11-7-4-8-12-20/h3-14,17,26H,15-16H2,1-2H3. The van der Waals surface area contributed by atoms with E-state index in [4.69, 9.17) is 11.6 Å². The van der Waals surface area contributed by atoms with Crippen LogP contribution in [0.15, 0.2) is 83.3 Å². The molecule has 0 unspecified atom stereocenters. The normalized spacial score (nSPS) is 12.2. The molecule has 4 heteroatoms. The molecule has 0 atom stereocenters. The number of aryl methyl sites for hydroxylation is 1. The molecule has 0 aromatic heterocycles. The summed E-state index contributed by atoms with van der Waals surface area (Å²) in [6, 6.07) is 26.4. The van der Waals surface area contributed by atoms with Gasteiger partial charge >= 0.3 is 0 Å². The van der Waals surface area contributed by atoms with Crippen LogP contribution in [0.5, 0.6) is 0 Å². The van der Waals surface area contributed by atoms with Crippen molar-refractivity contribution < 1.29 is 4.80 Å². The first-order valence-electron chi connectivity index (χ1n) is 9.12. The minimum Gasteiger partial charge on any atom is -0.424 e. The molecule has 3 rings (SSSR count). The van der Waals surface area contributed by atoms with Crippen molar-refractivity contribution in [3.63, 3.8) is 0 Å². The van der Waals surface area contributed by atoms with Crippen molar-refractivity contribution in [2.45, 2.75) is 31.7 Å². The largest absolute Gasteiger partial charge is 0.424 e. The topological polar surface area (TPSA) is 20.2 Å².